The van der Waals surface area contributed by atoms with Gasteiger partial charge < -0.3 is 0 Å². The second-order valence-electron chi connectivity index (χ2n) is 7.42. The van der Waals surface area contributed by atoms with Crippen LogP contribution in [0.2, 0.25) is 0 Å². The van der Waals surface area contributed by atoms with E-state index in [1.165, 1.54) is 57.8 Å². The average molecular weight is 413 g/mol. The van der Waals surface area contributed by atoms with Crippen molar-refractivity contribution in [3.05, 3.63) is 0 Å². The largest absolute Gasteiger partial charge is 0.201 e. The van der Waals surface area contributed by atoms with Crippen LogP contribution >= 0.6 is 23.2 Å². The van der Waals surface area contributed by atoms with Crippen molar-refractivity contribution in [2.45, 2.75) is 120 Å². The molecule has 1 fully saturated rings. The second-order valence-corrected chi connectivity index (χ2v) is 8.60. The molecule has 0 radical (unpaired) electrons. The molecule has 0 aromatic carbocycles. The van der Waals surface area contributed by atoms with Crippen molar-refractivity contribution in [2.24, 2.45) is 0 Å². The first-order valence-electron chi connectivity index (χ1n) is 10.6. The minimum Gasteiger partial charge on any atom is -0.201 e. The van der Waals surface area contributed by atoms with Gasteiger partial charge in [0.1, 0.15) is 12.7 Å². The molecule has 1 rings (SSSR count). The molecule has 0 bridgehead atoms. The van der Waals surface area contributed by atoms with E-state index >= 15 is 0 Å². The van der Waals surface area contributed by atoms with Gasteiger partial charge in [-0.2, -0.15) is 4.89 Å². The van der Waals surface area contributed by atoms with E-state index in [1.807, 2.05) is 0 Å². The second kappa shape index (κ2) is 17.5. The van der Waals surface area contributed by atoms with E-state index in [1.54, 1.807) is 0 Å². The first-order chi connectivity index (χ1) is 12.7. The lowest BCUT2D eigenvalue weighted by molar-refractivity contribution is -0.675. The predicted octanol–water partition coefficient (Wildman–Crippen LogP) is 7.27. The van der Waals surface area contributed by atoms with Gasteiger partial charge in [0, 0.05) is 5.38 Å². The normalized spacial score (nSPS) is 20.2. The van der Waals surface area contributed by atoms with Crippen LogP contribution < -0.4 is 0 Å². The molecule has 3 unspecified atom stereocenters. The van der Waals surface area contributed by atoms with Gasteiger partial charge in [-0.05, 0) is 29.3 Å². The molecule has 1 aliphatic rings. The van der Waals surface area contributed by atoms with Gasteiger partial charge >= 0.3 is 0 Å². The minimum absolute atomic E-state index is 0.118. The fourth-order valence-electron chi connectivity index (χ4n) is 3.26. The molecule has 0 N–H and O–H groups in total. The number of rotatable bonds is 17. The lowest BCUT2D eigenvalue weighted by atomic mass is 10.0. The van der Waals surface area contributed by atoms with E-state index in [2.05, 4.69) is 17.0 Å². The first-order valence-corrected chi connectivity index (χ1v) is 11.5. The Kier molecular flexibility index (Phi) is 16.5. The molecule has 1 saturated heterocycles. The van der Waals surface area contributed by atoms with Gasteiger partial charge in [0.2, 0.25) is 0 Å². The molecular weight excluding hydrogens is 375 g/mol. The highest BCUT2D eigenvalue weighted by Crippen LogP contribution is 2.21. The summed E-state index contributed by atoms with van der Waals surface area (Å²) >= 11 is 12.7. The van der Waals surface area contributed by atoms with E-state index in [4.69, 9.17) is 33.0 Å². The van der Waals surface area contributed by atoms with E-state index in [0.717, 1.165) is 38.5 Å². The molecule has 156 valence electrons. The molecule has 0 spiro atoms. The van der Waals surface area contributed by atoms with Crippen LogP contribution in [0, 0.1) is 0 Å². The number of halogens is 2. The molecule has 1 aliphatic heterocycles. The van der Waals surface area contributed by atoms with Gasteiger partial charge in [-0.25, -0.2) is 4.89 Å². The maximum atomic E-state index is 6.45. The summed E-state index contributed by atoms with van der Waals surface area (Å²) in [6.45, 7) is 2.57. The highest BCUT2D eigenvalue weighted by Gasteiger charge is 2.25. The standard InChI is InChI=1S/C20H38Cl2O4/c1-2-3-4-5-6-7-8-9-11-14-18(21)15-12-10-13-16-19(22)20-17-23-25-26-24-20/h18-20H,2-17H2,1H3. The smallest absolute Gasteiger partial charge is 0.139 e. The van der Waals surface area contributed by atoms with Crippen LogP contribution in [0.1, 0.15) is 103 Å². The Morgan fingerprint density at radius 1 is 0.731 bits per heavy atom. The summed E-state index contributed by atoms with van der Waals surface area (Å²) in [5, 5.41) is 8.73. The lowest BCUT2D eigenvalue weighted by Crippen LogP contribution is -2.33. The van der Waals surface area contributed by atoms with E-state index in [9.17, 15) is 0 Å². The summed E-state index contributed by atoms with van der Waals surface area (Å²) in [6.07, 6.45) is 18.6. The fourth-order valence-corrected chi connectivity index (χ4v) is 3.84. The SMILES string of the molecule is CCCCCCCCCCCC(Cl)CCCCCC(Cl)C1COOOO1. The van der Waals surface area contributed by atoms with Crippen LogP contribution in [0.25, 0.3) is 0 Å². The summed E-state index contributed by atoms with van der Waals surface area (Å²) in [5.74, 6) is 0. The molecule has 3 atom stereocenters. The molecule has 0 saturated carbocycles. The Morgan fingerprint density at radius 3 is 1.85 bits per heavy atom. The highest BCUT2D eigenvalue weighted by atomic mass is 35.5. The zero-order valence-electron chi connectivity index (χ0n) is 16.4. The summed E-state index contributed by atoms with van der Waals surface area (Å²) in [6, 6.07) is 0. The number of alkyl halides is 2. The molecule has 6 heteroatoms. The molecule has 0 amide bonds. The Morgan fingerprint density at radius 2 is 1.27 bits per heavy atom. The maximum Gasteiger partial charge on any atom is 0.139 e. The van der Waals surface area contributed by atoms with Gasteiger partial charge in [-0.3, -0.25) is 0 Å². The van der Waals surface area contributed by atoms with Gasteiger partial charge in [0.05, 0.1) is 5.38 Å². The fraction of sp³-hybridized carbons (Fsp3) is 1.00. The van der Waals surface area contributed by atoms with E-state index in [0.29, 0.717) is 12.0 Å². The van der Waals surface area contributed by atoms with Gasteiger partial charge in [0.25, 0.3) is 0 Å². The molecule has 0 aromatic rings. The monoisotopic (exact) mass is 412 g/mol. The van der Waals surface area contributed by atoms with Crippen molar-refractivity contribution in [1.82, 2.24) is 0 Å². The van der Waals surface area contributed by atoms with Crippen molar-refractivity contribution in [2.75, 3.05) is 6.61 Å². The average Bonchev–Trinajstić information content (AvgIpc) is 2.67. The lowest BCUT2D eigenvalue weighted by Gasteiger charge is -2.22. The Bertz CT molecular complexity index is 302. The summed E-state index contributed by atoms with van der Waals surface area (Å²) in [5.41, 5.74) is 0. The van der Waals surface area contributed by atoms with Crippen molar-refractivity contribution in [3.63, 3.8) is 0 Å². The number of hydrogen-bond acceptors (Lipinski definition) is 4. The minimum atomic E-state index is -0.266. The molecule has 26 heavy (non-hydrogen) atoms. The van der Waals surface area contributed by atoms with Crippen molar-refractivity contribution >= 4 is 23.2 Å². The van der Waals surface area contributed by atoms with E-state index < -0.39 is 0 Å². The topological polar surface area (TPSA) is 36.9 Å². The molecule has 1 heterocycles. The number of unbranched alkanes of at least 4 members (excludes halogenated alkanes) is 10. The van der Waals surface area contributed by atoms with Crippen LogP contribution in [0.15, 0.2) is 0 Å². The summed E-state index contributed by atoms with van der Waals surface area (Å²) in [7, 11) is 0. The summed E-state index contributed by atoms with van der Waals surface area (Å²) < 4.78 is 0. The zero-order chi connectivity index (χ0) is 18.9. The Labute approximate surface area is 170 Å². The Hall–Kier alpha value is 0.420. The first kappa shape index (κ1) is 24.5. The molecule has 0 aliphatic carbocycles. The third kappa shape index (κ3) is 13.6. The third-order valence-electron chi connectivity index (χ3n) is 4.99. The van der Waals surface area contributed by atoms with Crippen LogP contribution in [0.3, 0.4) is 0 Å². The van der Waals surface area contributed by atoms with E-state index in [-0.39, 0.29) is 11.5 Å². The van der Waals surface area contributed by atoms with Crippen LogP contribution in [0.5, 0.6) is 0 Å². The van der Waals surface area contributed by atoms with Crippen molar-refractivity contribution in [1.29, 1.82) is 0 Å². The molecule has 4 nitrogen and oxygen atoms in total. The van der Waals surface area contributed by atoms with Crippen molar-refractivity contribution < 1.29 is 19.9 Å². The van der Waals surface area contributed by atoms with Gasteiger partial charge in [-0.1, -0.05) is 84.0 Å². The Balaban J connectivity index is 1.82. The number of hydrogen-bond donors (Lipinski definition) is 0. The van der Waals surface area contributed by atoms with Crippen LogP contribution in [0.4, 0.5) is 0 Å². The zero-order valence-corrected chi connectivity index (χ0v) is 17.9. The predicted molar refractivity (Wildman–Crippen MR) is 107 cm³/mol. The molecule has 0 aromatic heterocycles. The van der Waals surface area contributed by atoms with Gasteiger partial charge in [0.15, 0.2) is 0 Å². The highest BCUT2D eigenvalue weighted by molar-refractivity contribution is 6.21. The quantitative estimate of drug-likeness (QED) is 0.143. The van der Waals surface area contributed by atoms with Crippen molar-refractivity contribution in [3.8, 4) is 0 Å². The van der Waals surface area contributed by atoms with Crippen LogP contribution in [-0.4, -0.2) is 23.5 Å². The maximum absolute atomic E-state index is 6.45. The third-order valence-corrected chi connectivity index (χ3v) is 5.93. The summed E-state index contributed by atoms with van der Waals surface area (Å²) in [4.78, 5) is 9.63. The molecular formula is C20H38Cl2O4. The van der Waals surface area contributed by atoms with Gasteiger partial charge in [-0.15, -0.1) is 23.2 Å². The van der Waals surface area contributed by atoms with Crippen LogP contribution in [-0.2, 0) is 19.9 Å².